The van der Waals surface area contributed by atoms with Crippen LogP contribution >= 0.6 is 0 Å². The molecule has 0 fully saturated rings. The fourth-order valence-corrected chi connectivity index (χ4v) is 1.75. The molecule has 2 heterocycles. The third kappa shape index (κ3) is 1.57. The molecule has 0 saturated carbocycles. The molecule has 0 N–H and O–H groups in total. The van der Waals surface area contributed by atoms with Crippen molar-refractivity contribution in [2.24, 2.45) is 0 Å². The molecule has 0 aliphatic rings. The lowest BCUT2D eigenvalue weighted by atomic mass is 10.1. The Morgan fingerprint density at radius 2 is 2.18 bits per heavy atom. The van der Waals surface area contributed by atoms with Gasteiger partial charge in [0.1, 0.15) is 5.69 Å². The molecule has 1 aromatic carbocycles. The molecule has 0 atom stereocenters. The van der Waals surface area contributed by atoms with Gasteiger partial charge in [0, 0.05) is 17.8 Å². The Morgan fingerprint density at radius 1 is 1.24 bits per heavy atom. The molecule has 0 bridgehead atoms. The van der Waals surface area contributed by atoms with Crippen molar-refractivity contribution in [3.63, 3.8) is 0 Å². The van der Waals surface area contributed by atoms with Crippen molar-refractivity contribution in [1.82, 2.24) is 20.0 Å². The monoisotopic (exact) mass is 224 g/mol. The lowest BCUT2D eigenvalue weighted by Gasteiger charge is -2.04. The summed E-state index contributed by atoms with van der Waals surface area (Å²) < 4.78 is 1.58. The number of hydrogen-bond acceptors (Lipinski definition) is 4. The van der Waals surface area contributed by atoms with Crippen LogP contribution in [0.1, 0.15) is 10.5 Å². The van der Waals surface area contributed by atoms with Crippen LogP contribution in [-0.4, -0.2) is 26.3 Å². The molecule has 3 rings (SSSR count). The molecular formula is C12H8N4O. The quantitative estimate of drug-likeness (QED) is 0.621. The van der Waals surface area contributed by atoms with Crippen LogP contribution in [0.4, 0.5) is 0 Å². The van der Waals surface area contributed by atoms with E-state index in [2.05, 4.69) is 15.3 Å². The maximum absolute atomic E-state index is 10.6. The highest BCUT2D eigenvalue weighted by Crippen LogP contribution is 2.20. The molecule has 3 aromatic rings. The van der Waals surface area contributed by atoms with Gasteiger partial charge in [-0.2, -0.15) is 0 Å². The Morgan fingerprint density at radius 3 is 3.00 bits per heavy atom. The second-order valence-electron chi connectivity index (χ2n) is 3.58. The minimum Gasteiger partial charge on any atom is -0.296 e. The lowest BCUT2D eigenvalue weighted by molar-refractivity contribution is 0.111. The van der Waals surface area contributed by atoms with Crippen LogP contribution in [0, 0.1) is 0 Å². The number of nitrogens with zero attached hydrogens (tertiary/aromatic N) is 4. The maximum Gasteiger partial charge on any atom is 0.171 e. The average molecular weight is 224 g/mol. The van der Waals surface area contributed by atoms with E-state index in [-0.39, 0.29) is 0 Å². The van der Waals surface area contributed by atoms with E-state index >= 15 is 0 Å². The Bertz CT molecular complexity index is 684. The maximum atomic E-state index is 10.6. The van der Waals surface area contributed by atoms with Gasteiger partial charge in [0.15, 0.2) is 6.29 Å². The molecule has 82 valence electrons. The predicted octanol–water partition coefficient (Wildman–Crippen LogP) is 1.63. The Labute approximate surface area is 96.7 Å². The smallest absolute Gasteiger partial charge is 0.171 e. The summed E-state index contributed by atoms with van der Waals surface area (Å²) in [7, 11) is 0. The number of carbonyl (C=O) groups is 1. The Balaban J connectivity index is 2.26. The summed E-state index contributed by atoms with van der Waals surface area (Å²) in [4.78, 5) is 14.7. The van der Waals surface area contributed by atoms with E-state index in [0.717, 1.165) is 16.5 Å². The van der Waals surface area contributed by atoms with E-state index in [1.54, 1.807) is 23.3 Å². The molecule has 0 aliphatic carbocycles. The first-order valence-corrected chi connectivity index (χ1v) is 5.09. The number of benzene rings is 1. The van der Waals surface area contributed by atoms with Crippen LogP contribution in [-0.2, 0) is 0 Å². The van der Waals surface area contributed by atoms with Crippen molar-refractivity contribution in [3.05, 3.63) is 48.5 Å². The van der Waals surface area contributed by atoms with Gasteiger partial charge in [0.05, 0.1) is 11.9 Å². The highest BCUT2D eigenvalue weighted by Gasteiger charge is 2.05. The van der Waals surface area contributed by atoms with Crippen molar-refractivity contribution >= 4 is 17.1 Å². The molecule has 5 heteroatoms. The van der Waals surface area contributed by atoms with E-state index in [0.29, 0.717) is 12.0 Å². The summed E-state index contributed by atoms with van der Waals surface area (Å²) in [6, 6.07) is 7.77. The first-order chi connectivity index (χ1) is 8.38. The number of hydrogen-bond donors (Lipinski definition) is 0. The number of pyridine rings is 1. The number of carbonyl (C=O) groups excluding carboxylic acids is 1. The summed E-state index contributed by atoms with van der Waals surface area (Å²) in [6.45, 7) is 0. The first kappa shape index (κ1) is 9.65. The third-order valence-electron chi connectivity index (χ3n) is 2.54. The summed E-state index contributed by atoms with van der Waals surface area (Å²) >= 11 is 0. The molecule has 0 unspecified atom stereocenters. The fraction of sp³-hybridized carbons (Fsp3) is 0. The van der Waals surface area contributed by atoms with E-state index in [4.69, 9.17) is 0 Å². The van der Waals surface area contributed by atoms with Crippen LogP contribution < -0.4 is 0 Å². The largest absolute Gasteiger partial charge is 0.296 e. The fourth-order valence-electron chi connectivity index (χ4n) is 1.75. The minimum atomic E-state index is 0.311. The van der Waals surface area contributed by atoms with Gasteiger partial charge in [-0.25, -0.2) is 4.68 Å². The second kappa shape index (κ2) is 3.79. The third-order valence-corrected chi connectivity index (χ3v) is 2.54. The zero-order valence-electron chi connectivity index (χ0n) is 8.82. The highest BCUT2D eigenvalue weighted by molar-refractivity contribution is 5.89. The van der Waals surface area contributed by atoms with E-state index < -0.39 is 0 Å². The van der Waals surface area contributed by atoms with Gasteiger partial charge >= 0.3 is 0 Å². The van der Waals surface area contributed by atoms with Gasteiger partial charge in [0.2, 0.25) is 0 Å². The molecule has 0 saturated heterocycles. The molecular weight excluding hydrogens is 216 g/mol. The molecule has 5 nitrogen and oxygen atoms in total. The van der Waals surface area contributed by atoms with Crippen molar-refractivity contribution in [3.8, 4) is 5.69 Å². The second-order valence-corrected chi connectivity index (χ2v) is 3.58. The molecule has 17 heavy (non-hydrogen) atoms. The molecule has 0 radical (unpaired) electrons. The summed E-state index contributed by atoms with van der Waals surface area (Å²) in [5, 5.41) is 9.70. The van der Waals surface area contributed by atoms with E-state index in [1.165, 1.54) is 0 Å². The van der Waals surface area contributed by atoms with Gasteiger partial charge in [0.25, 0.3) is 0 Å². The van der Waals surface area contributed by atoms with Crippen LogP contribution in [0.15, 0.2) is 42.9 Å². The zero-order valence-corrected chi connectivity index (χ0v) is 8.82. The van der Waals surface area contributed by atoms with Crippen LogP contribution in [0.2, 0.25) is 0 Å². The summed E-state index contributed by atoms with van der Waals surface area (Å²) in [6.07, 6.45) is 5.78. The van der Waals surface area contributed by atoms with Crippen LogP contribution in [0.5, 0.6) is 0 Å². The van der Waals surface area contributed by atoms with E-state index in [1.807, 2.05) is 24.3 Å². The molecule has 0 aliphatic heterocycles. The number of fused-ring (bicyclic) bond motifs is 1. The number of aldehydes is 1. The predicted molar refractivity (Wildman–Crippen MR) is 62.0 cm³/mol. The van der Waals surface area contributed by atoms with Crippen molar-refractivity contribution in [1.29, 1.82) is 0 Å². The SMILES string of the molecule is O=Cc1cn(-c2cccc3ccncc23)nn1. The van der Waals surface area contributed by atoms with Crippen molar-refractivity contribution in [2.45, 2.75) is 0 Å². The topological polar surface area (TPSA) is 60.7 Å². The standard InChI is InChI=1S/C12H8N4O/c17-8-10-7-16(15-14-10)12-3-1-2-9-4-5-13-6-11(9)12/h1-8H. The number of rotatable bonds is 2. The van der Waals surface area contributed by atoms with Gasteiger partial charge < -0.3 is 0 Å². The van der Waals surface area contributed by atoms with Gasteiger partial charge in [-0.05, 0) is 17.5 Å². The van der Waals surface area contributed by atoms with Crippen LogP contribution in [0.25, 0.3) is 16.5 Å². The average Bonchev–Trinajstić information content (AvgIpc) is 2.87. The minimum absolute atomic E-state index is 0.311. The lowest BCUT2D eigenvalue weighted by Crippen LogP contribution is -1.96. The molecule has 0 amide bonds. The van der Waals surface area contributed by atoms with E-state index in [9.17, 15) is 4.79 Å². The van der Waals surface area contributed by atoms with Gasteiger partial charge in [-0.15, -0.1) is 5.10 Å². The van der Waals surface area contributed by atoms with Gasteiger partial charge in [-0.3, -0.25) is 9.78 Å². The molecule has 0 spiro atoms. The summed E-state index contributed by atoms with van der Waals surface area (Å²) in [5.41, 5.74) is 1.17. The number of aromatic nitrogens is 4. The summed E-state index contributed by atoms with van der Waals surface area (Å²) in [5.74, 6) is 0. The highest BCUT2D eigenvalue weighted by atomic mass is 16.1. The Hall–Kier alpha value is -2.56. The van der Waals surface area contributed by atoms with Crippen LogP contribution in [0.3, 0.4) is 0 Å². The van der Waals surface area contributed by atoms with Crippen molar-refractivity contribution in [2.75, 3.05) is 0 Å². The first-order valence-electron chi connectivity index (χ1n) is 5.09. The van der Waals surface area contributed by atoms with Crippen molar-refractivity contribution < 1.29 is 4.79 Å². The van der Waals surface area contributed by atoms with Gasteiger partial charge in [-0.1, -0.05) is 17.3 Å². The molecule has 2 aromatic heterocycles. The zero-order chi connectivity index (χ0) is 11.7. The Kier molecular flexibility index (Phi) is 2.15. The normalized spacial score (nSPS) is 10.6.